The molecule has 1 aromatic heterocycles. The summed E-state index contributed by atoms with van der Waals surface area (Å²) in [5.74, 6) is 0.791. The Balaban J connectivity index is 2.05. The van der Waals surface area contributed by atoms with Crippen LogP contribution in [0.15, 0.2) is 30.5 Å². The largest absolute Gasteiger partial charge is 0.375 e. The van der Waals surface area contributed by atoms with Crippen LogP contribution in [-0.4, -0.2) is 23.6 Å². The van der Waals surface area contributed by atoms with Gasteiger partial charge in [-0.2, -0.15) is 0 Å². The molecule has 118 valence electrons. The minimum absolute atomic E-state index is 0.0946. The van der Waals surface area contributed by atoms with Gasteiger partial charge in [-0.1, -0.05) is 29.8 Å². The van der Waals surface area contributed by atoms with Crippen molar-refractivity contribution in [3.05, 3.63) is 58.1 Å². The number of nitrogens with zero attached hydrogens (tertiary/aromatic N) is 2. The van der Waals surface area contributed by atoms with Gasteiger partial charge in [0.2, 0.25) is 0 Å². The number of nitrogens with one attached hydrogen (secondary N) is 1. The third-order valence-corrected chi connectivity index (χ3v) is 4.09. The van der Waals surface area contributed by atoms with Crippen molar-refractivity contribution in [2.75, 3.05) is 13.7 Å². The summed E-state index contributed by atoms with van der Waals surface area (Å²) >= 11 is 6.24. The molecule has 0 aliphatic carbocycles. The number of benzene rings is 1. The molecule has 0 saturated heterocycles. The Morgan fingerprint density at radius 1 is 1.23 bits per heavy atom. The molecule has 0 aliphatic heterocycles. The Kier molecular flexibility index (Phi) is 5.89. The Morgan fingerprint density at radius 3 is 2.59 bits per heavy atom. The molecule has 1 heterocycles. The van der Waals surface area contributed by atoms with Crippen LogP contribution in [0.5, 0.6) is 0 Å². The molecule has 2 atom stereocenters. The monoisotopic (exact) mass is 319 g/mol. The van der Waals surface area contributed by atoms with E-state index in [0.29, 0.717) is 6.54 Å². The smallest absolute Gasteiger partial charge is 0.125 e. The summed E-state index contributed by atoms with van der Waals surface area (Å²) < 4.78 is 5.57. The molecule has 5 heteroatoms. The normalized spacial score (nSPS) is 13.9. The molecular formula is C17H22ClN3O. The zero-order valence-corrected chi connectivity index (χ0v) is 14.2. The van der Waals surface area contributed by atoms with E-state index in [1.165, 1.54) is 0 Å². The lowest BCUT2D eigenvalue weighted by atomic mass is 10.1. The zero-order valence-electron chi connectivity index (χ0n) is 13.4. The first kappa shape index (κ1) is 16.9. The van der Waals surface area contributed by atoms with Crippen molar-refractivity contribution < 1.29 is 4.74 Å². The Hall–Kier alpha value is -1.49. The molecule has 2 rings (SSSR count). The fraction of sp³-hybridized carbons (Fsp3) is 0.412. The molecule has 0 amide bonds. The van der Waals surface area contributed by atoms with Crippen molar-refractivity contribution >= 4 is 11.6 Å². The Morgan fingerprint density at radius 2 is 1.95 bits per heavy atom. The highest BCUT2D eigenvalue weighted by molar-refractivity contribution is 6.31. The maximum Gasteiger partial charge on any atom is 0.125 e. The van der Waals surface area contributed by atoms with Crippen molar-refractivity contribution in [1.29, 1.82) is 0 Å². The van der Waals surface area contributed by atoms with Gasteiger partial charge in [-0.05, 0) is 26.8 Å². The van der Waals surface area contributed by atoms with Crippen LogP contribution in [0.25, 0.3) is 0 Å². The molecule has 22 heavy (non-hydrogen) atoms. The van der Waals surface area contributed by atoms with Gasteiger partial charge < -0.3 is 10.1 Å². The fourth-order valence-corrected chi connectivity index (χ4v) is 2.73. The topological polar surface area (TPSA) is 47.0 Å². The van der Waals surface area contributed by atoms with Crippen LogP contribution in [0.1, 0.15) is 41.7 Å². The van der Waals surface area contributed by atoms with Gasteiger partial charge in [0.25, 0.3) is 0 Å². The maximum absolute atomic E-state index is 6.24. The van der Waals surface area contributed by atoms with Crippen molar-refractivity contribution in [2.24, 2.45) is 0 Å². The molecule has 1 N–H and O–H groups in total. The molecule has 0 saturated carbocycles. The summed E-state index contributed by atoms with van der Waals surface area (Å²) in [6, 6.07) is 7.89. The lowest BCUT2D eigenvalue weighted by Gasteiger charge is -2.21. The first-order valence-corrected chi connectivity index (χ1v) is 7.71. The average molecular weight is 320 g/mol. The summed E-state index contributed by atoms with van der Waals surface area (Å²) in [6.45, 7) is 6.66. The van der Waals surface area contributed by atoms with Crippen LogP contribution in [0.3, 0.4) is 0 Å². The summed E-state index contributed by atoms with van der Waals surface area (Å²) in [5, 5.41) is 4.19. The van der Waals surface area contributed by atoms with Gasteiger partial charge >= 0.3 is 0 Å². The van der Waals surface area contributed by atoms with E-state index in [1.807, 2.05) is 44.3 Å². The molecular weight excluding hydrogens is 298 g/mol. The predicted octanol–water partition coefficient (Wildman–Crippen LogP) is 3.79. The molecule has 0 radical (unpaired) electrons. The predicted molar refractivity (Wildman–Crippen MR) is 89.1 cm³/mol. The second kappa shape index (κ2) is 7.68. The SMILES string of the molecule is CO[C@H](CN[C@@H](C)c1cnc(C)nc1C)c1ccccc1Cl. The summed E-state index contributed by atoms with van der Waals surface area (Å²) in [4.78, 5) is 8.69. The van der Waals surface area contributed by atoms with Crippen molar-refractivity contribution in [1.82, 2.24) is 15.3 Å². The van der Waals surface area contributed by atoms with E-state index in [0.717, 1.165) is 27.7 Å². The quantitative estimate of drug-likeness (QED) is 0.880. The van der Waals surface area contributed by atoms with E-state index in [1.54, 1.807) is 7.11 Å². The van der Waals surface area contributed by atoms with Gasteiger partial charge in [0.05, 0.1) is 6.10 Å². The molecule has 0 fully saturated rings. The summed E-state index contributed by atoms with van der Waals surface area (Å²) in [7, 11) is 1.70. The van der Waals surface area contributed by atoms with Crippen LogP contribution < -0.4 is 5.32 Å². The van der Waals surface area contributed by atoms with Crippen molar-refractivity contribution in [2.45, 2.75) is 32.9 Å². The van der Waals surface area contributed by atoms with Gasteiger partial charge in [-0.15, -0.1) is 0 Å². The molecule has 0 spiro atoms. The number of halogens is 1. The number of aryl methyl sites for hydroxylation is 2. The van der Waals surface area contributed by atoms with E-state index in [2.05, 4.69) is 22.2 Å². The molecule has 2 aromatic rings. The van der Waals surface area contributed by atoms with Crippen LogP contribution >= 0.6 is 11.6 Å². The fourth-order valence-electron chi connectivity index (χ4n) is 2.47. The van der Waals surface area contributed by atoms with E-state index >= 15 is 0 Å². The first-order valence-electron chi connectivity index (χ1n) is 7.33. The Labute approximate surface area is 136 Å². The number of methoxy groups -OCH3 is 1. The number of rotatable bonds is 6. The van der Waals surface area contributed by atoms with Gasteiger partial charge in [0.1, 0.15) is 5.82 Å². The van der Waals surface area contributed by atoms with E-state index in [-0.39, 0.29) is 12.1 Å². The van der Waals surface area contributed by atoms with Gasteiger partial charge in [0.15, 0.2) is 0 Å². The van der Waals surface area contributed by atoms with Crippen molar-refractivity contribution in [3.63, 3.8) is 0 Å². The van der Waals surface area contributed by atoms with Crippen LogP contribution in [0.2, 0.25) is 5.02 Å². The third-order valence-electron chi connectivity index (χ3n) is 3.75. The minimum Gasteiger partial charge on any atom is -0.375 e. The third kappa shape index (κ3) is 4.03. The lowest BCUT2D eigenvalue weighted by Crippen LogP contribution is -2.26. The summed E-state index contributed by atoms with van der Waals surface area (Å²) in [5.41, 5.74) is 3.09. The van der Waals surface area contributed by atoms with Crippen molar-refractivity contribution in [3.8, 4) is 0 Å². The highest BCUT2D eigenvalue weighted by atomic mass is 35.5. The summed E-state index contributed by atoms with van der Waals surface area (Å²) in [6.07, 6.45) is 1.79. The number of aromatic nitrogens is 2. The second-order valence-electron chi connectivity index (χ2n) is 5.33. The molecule has 4 nitrogen and oxygen atoms in total. The van der Waals surface area contributed by atoms with Crippen LogP contribution in [-0.2, 0) is 4.74 Å². The highest BCUT2D eigenvalue weighted by Gasteiger charge is 2.16. The highest BCUT2D eigenvalue weighted by Crippen LogP contribution is 2.25. The number of ether oxygens (including phenoxy) is 1. The van der Waals surface area contributed by atoms with Gasteiger partial charge in [-0.25, -0.2) is 9.97 Å². The Bertz CT molecular complexity index is 633. The standard InChI is InChI=1S/C17H22ClN3O/c1-11(15-9-20-13(3)21-12(15)2)19-10-17(22-4)14-7-5-6-8-16(14)18/h5-9,11,17,19H,10H2,1-4H3/t11-,17+/m0/s1. The average Bonchev–Trinajstić information content (AvgIpc) is 2.49. The lowest BCUT2D eigenvalue weighted by molar-refractivity contribution is 0.0999. The number of hydrogen-bond acceptors (Lipinski definition) is 4. The molecule has 0 aliphatic rings. The zero-order chi connectivity index (χ0) is 16.1. The molecule has 1 aromatic carbocycles. The van der Waals surface area contributed by atoms with E-state index in [4.69, 9.17) is 16.3 Å². The van der Waals surface area contributed by atoms with Crippen LogP contribution in [0, 0.1) is 13.8 Å². The maximum atomic E-state index is 6.24. The van der Waals surface area contributed by atoms with Gasteiger partial charge in [0, 0.05) is 47.7 Å². The van der Waals surface area contributed by atoms with Gasteiger partial charge in [-0.3, -0.25) is 0 Å². The van der Waals surface area contributed by atoms with E-state index in [9.17, 15) is 0 Å². The molecule has 0 bridgehead atoms. The number of hydrogen-bond donors (Lipinski definition) is 1. The van der Waals surface area contributed by atoms with E-state index < -0.39 is 0 Å². The first-order chi connectivity index (χ1) is 10.5. The minimum atomic E-state index is -0.0946. The van der Waals surface area contributed by atoms with Crippen LogP contribution in [0.4, 0.5) is 0 Å². The second-order valence-corrected chi connectivity index (χ2v) is 5.74. The molecule has 0 unspecified atom stereocenters.